The van der Waals surface area contributed by atoms with Crippen molar-refractivity contribution in [2.24, 2.45) is 11.7 Å². The number of carbonyl (C=O) groups excluding carboxylic acids is 2. The first-order chi connectivity index (χ1) is 14.4. The van der Waals surface area contributed by atoms with Crippen molar-refractivity contribution in [2.75, 3.05) is 19.6 Å². The van der Waals surface area contributed by atoms with Crippen LogP contribution in [0.15, 0.2) is 30.3 Å². The molecule has 1 aromatic carbocycles. The Morgan fingerprint density at radius 2 is 1.77 bits per heavy atom. The molecule has 30 heavy (non-hydrogen) atoms. The van der Waals surface area contributed by atoms with Crippen molar-refractivity contribution in [1.29, 1.82) is 0 Å². The van der Waals surface area contributed by atoms with Gasteiger partial charge in [0.05, 0.1) is 5.54 Å². The van der Waals surface area contributed by atoms with Crippen LogP contribution < -0.4 is 16.4 Å². The highest BCUT2D eigenvalue weighted by molar-refractivity contribution is 5.92. The van der Waals surface area contributed by atoms with Gasteiger partial charge in [0.25, 0.3) is 0 Å². The van der Waals surface area contributed by atoms with Gasteiger partial charge in [0.1, 0.15) is 6.04 Å². The molecule has 4 N–H and O–H groups in total. The van der Waals surface area contributed by atoms with Gasteiger partial charge in [-0.15, -0.1) is 0 Å². The Labute approximate surface area is 181 Å². The highest BCUT2D eigenvalue weighted by Crippen LogP contribution is 2.27. The van der Waals surface area contributed by atoms with Crippen LogP contribution in [0.25, 0.3) is 0 Å². The molecule has 2 fully saturated rings. The van der Waals surface area contributed by atoms with Gasteiger partial charge in [0.2, 0.25) is 11.8 Å². The number of hydrogen-bond acceptors (Lipinski definition) is 4. The fourth-order valence-corrected chi connectivity index (χ4v) is 4.64. The topological polar surface area (TPSA) is 87.5 Å². The van der Waals surface area contributed by atoms with Crippen molar-refractivity contribution in [2.45, 2.75) is 76.4 Å². The zero-order valence-electron chi connectivity index (χ0n) is 18.5. The number of carbonyl (C=O) groups is 2. The first-order valence-electron chi connectivity index (χ1n) is 11.5. The lowest BCUT2D eigenvalue weighted by Gasteiger charge is -2.35. The van der Waals surface area contributed by atoms with Crippen LogP contribution in [0.1, 0.15) is 57.9 Å². The average molecular weight is 415 g/mol. The van der Waals surface area contributed by atoms with Gasteiger partial charge in [-0.25, -0.2) is 0 Å². The molecule has 1 aliphatic carbocycles. The summed E-state index contributed by atoms with van der Waals surface area (Å²) in [7, 11) is 0. The van der Waals surface area contributed by atoms with Gasteiger partial charge >= 0.3 is 0 Å². The Hall–Kier alpha value is -1.92. The van der Waals surface area contributed by atoms with Crippen LogP contribution in [0, 0.1) is 5.92 Å². The average Bonchev–Trinajstić information content (AvgIpc) is 3.20. The molecule has 1 atom stereocenters. The number of nitrogens with two attached hydrogens (primary N) is 1. The van der Waals surface area contributed by atoms with E-state index in [1.54, 1.807) is 0 Å². The van der Waals surface area contributed by atoms with Crippen LogP contribution in [0.2, 0.25) is 0 Å². The summed E-state index contributed by atoms with van der Waals surface area (Å²) in [5.41, 5.74) is 6.52. The van der Waals surface area contributed by atoms with Crippen molar-refractivity contribution in [3.8, 4) is 0 Å². The van der Waals surface area contributed by atoms with E-state index in [1.807, 2.05) is 30.3 Å². The van der Waals surface area contributed by atoms with Crippen LogP contribution >= 0.6 is 0 Å². The van der Waals surface area contributed by atoms with Crippen molar-refractivity contribution >= 4 is 11.8 Å². The van der Waals surface area contributed by atoms with E-state index in [0.29, 0.717) is 37.8 Å². The van der Waals surface area contributed by atoms with Gasteiger partial charge in [-0.3, -0.25) is 9.59 Å². The molecule has 1 heterocycles. The number of amides is 2. The monoisotopic (exact) mass is 414 g/mol. The summed E-state index contributed by atoms with van der Waals surface area (Å²) >= 11 is 0. The summed E-state index contributed by atoms with van der Waals surface area (Å²) in [6, 6.07) is 9.81. The molecule has 2 aliphatic rings. The Bertz CT molecular complexity index is 692. The lowest BCUT2D eigenvalue weighted by atomic mass is 9.95. The summed E-state index contributed by atoms with van der Waals surface area (Å²) in [5, 5.41) is 6.09. The molecule has 1 aromatic rings. The third kappa shape index (κ3) is 6.05. The van der Waals surface area contributed by atoms with Crippen molar-refractivity contribution in [3.05, 3.63) is 35.9 Å². The van der Waals surface area contributed by atoms with Crippen molar-refractivity contribution in [3.63, 3.8) is 0 Å². The van der Waals surface area contributed by atoms with Gasteiger partial charge in [0, 0.05) is 19.0 Å². The number of piperidine rings is 1. The van der Waals surface area contributed by atoms with E-state index in [9.17, 15) is 9.59 Å². The molecule has 6 heteroatoms. The van der Waals surface area contributed by atoms with Gasteiger partial charge in [-0.05, 0) is 64.1 Å². The molecular weight excluding hydrogens is 376 g/mol. The summed E-state index contributed by atoms with van der Waals surface area (Å²) in [4.78, 5) is 28.4. The molecule has 0 radical (unpaired) electrons. The molecule has 1 saturated carbocycles. The lowest BCUT2D eigenvalue weighted by molar-refractivity contribution is -0.132. The van der Waals surface area contributed by atoms with Gasteiger partial charge in [0.15, 0.2) is 0 Å². The molecule has 0 aromatic heterocycles. The molecule has 1 aliphatic heterocycles. The van der Waals surface area contributed by atoms with Crippen LogP contribution in [0.4, 0.5) is 0 Å². The quantitative estimate of drug-likeness (QED) is 0.609. The minimum atomic E-state index is -0.834. The standard InChI is InChI=1S/C24H38N4O2/c1-18(2)28-14-10-20(11-15-28)17-26-22(29)21(16-19-8-4-3-5-9-19)27-23(30)24(25)12-6-7-13-24/h3-5,8-9,18,20-21H,6-7,10-17,25H2,1-2H3,(H,26,29)(H,27,30)/t21-/m1/s1. The number of nitrogens with one attached hydrogen (secondary N) is 2. The maximum atomic E-state index is 13.0. The normalized spacial score (nSPS) is 20.8. The van der Waals surface area contributed by atoms with Crippen LogP contribution in [-0.2, 0) is 16.0 Å². The van der Waals surface area contributed by atoms with Gasteiger partial charge in [-0.2, -0.15) is 0 Å². The van der Waals surface area contributed by atoms with Crippen LogP contribution in [0.3, 0.4) is 0 Å². The second-order valence-corrected chi connectivity index (χ2v) is 9.40. The van der Waals surface area contributed by atoms with E-state index in [4.69, 9.17) is 5.73 Å². The van der Waals surface area contributed by atoms with E-state index < -0.39 is 11.6 Å². The fraction of sp³-hybridized carbons (Fsp3) is 0.667. The van der Waals surface area contributed by atoms with E-state index in [2.05, 4.69) is 29.4 Å². The minimum absolute atomic E-state index is 0.111. The first kappa shape index (κ1) is 22.8. The summed E-state index contributed by atoms with van der Waals surface area (Å²) in [6.45, 7) is 7.29. The Kier molecular flexibility index (Phi) is 7.89. The smallest absolute Gasteiger partial charge is 0.242 e. The molecule has 3 rings (SSSR count). The molecule has 166 valence electrons. The molecule has 0 unspecified atom stereocenters. The van der Waals surface area contributed by atoms with E-state index >= 15 is 0 Å². The molecule has 2 amide bonds. The van der Waals surface area contributed by atoms with Crippen molar-refractivity contribution in [1.82, 2.24) is 15.5 Å². The first-order valence-corrected chi connectivity index (χ1v) is 11.5. The Balaban J connectivity index is 1.58. The van der Waals surface area contributed by atoms with Crippen molar-refractivity contribution < 1.29 is 9.59 Å². The molecule has 1 saturated heterocycles. The third-order valence-electron chi connectivity index (χ3n) is 6.80. The highest BCUT2D eigenvalue weighted by atomic mass is 16.2. The second-order valence-electron chi connectivity index (χ2n) is 9.40. The third-order valence-corrected chi connectivity index (χ3v) is 6.80. The fourth-order valence-electron chi connectivity index (χ4n) is 4.64. The minimum Gasteiger partial charge on any atom is -0.354 e. The second kappa shape index (κ2) is 10.4. The summed E-state index contributed by atoms with van der Waals surface area (Å²) < 4.78 is 0. The van der Waals surface area contributed by atoms with E-state index in [1.165, 1.54) is 0 Å². The Morgan fingerprint density at radius 1 is 1.13 bits per heavy atom. The maximum absolute atomic E-state index is 13.0. The summed E-state index contributed by atoms with van der Waals surface area (Å²) in [6.07, 6.45) is 5.98. The molecule has 0 bridgehead atoms. The zero-order chi connectivity index (χ0) is 21.6. The van der Waals surface area contributed by atoms with E-state index in [0.717, 1.165) is 44.3 Å². The predicted octanol–water partition coefficient (Wildman–Crippen LogP) is 2.22. The number of likely N-dealkylation sites (tertiary alicyclic amines) is 1. The molecule has 0 spiro atoms. The van der Waals surface area contributed by atoms with Gasteiger partial charge in [-0.1, -0.05) is 43.2 Å². The number of benzene rings is 1. The Morgan fingerprint density at radius 3 is 2.37 bits per heavy atom. The largest absolute Gasteiger partial charge is 0.354 e. The predicted molar refractivity (Wildman–Crippen MR) is 120 cm³/mol. The maximum Gasteiger partial charge on any atom is 0.242 e. The number of hydrogen-bond donors (Lipinski definition) is 3. The van der Waals surface area contributed by atoms with E-state index in [-0.39, 0.29) is 11.8 Å². The summed E-state index contributed by atoms with van der Waals surface area (Å²) in [5.74, 6) is 0.189. The zero-order valence-corrected chi connectivity index (χ0v) is 18.5. The number of nitrogens with zero attached hydrogens (tertiary/aromatic N) is 1. The molecule has 6 nitrogen and oxygen atoms in total. The highest BCUT2D eigenvalue weighted by Gasteiger charge is 2.38. The SMILES string of the molecule is CC(C)N1CCC(CNC(=O)[C@@H](Cc2ccccc2)NC(=O)C2(N)CCCC2)CC1. The lowest BCUT2D eigenvalue weighted by Crippen LogP contribution is -2.58. The number of rotatable bonds is 8. The van der Waals surface area contributed by atoms with Gasteiger partial charge < -0.3 is 21.3 Å². The van der Waals surface area contributed by atoms with Crippen LogP contribution in [0.5, 0.6) is 0 Å². The van der Waals surface area contributed by atoms with Crippen LogP contribution in [-0.4, -0.2) is 54.0 Å². The molecular formula is C24H38N4O2.